The molecule has 20 heavy (non-hydrogen) atoms. The fourth-order valence-corrected chi connectivity index (χ4v) is 2.17. The second-order valence-corrected chi connectivity index (χ2v) is 4.81. The van der Waals surface area contributed by atoms with E-state index in [-0.39, 0.29) is 12.4 Å². The van der Waals surface area contributed by atoms with Gasteiger partial charge in [-0.3, -0.25) is 4.90 Å². The molecular formula is C16H20N2O2. The molecule has 4 heteroatoms. The summed E-state index contributed by atoms with van der Waals surface area (Å²) in [6, 6.07) is 15.1. The average Bonchev–Trinajstić information content (AvgIpc) is 2.44. The molecule has 0 aromatic heterocycles. The molecule has 0 atom stereocenters. The van der Waals surface area contributed by atoms with Crippen molar-refractivity contribution in [2.45, 2.75) is 13.1 Å². The third kappa shape index (κ3) is 3.98. The van der Waals surface area contributed by atoms with E-state index >= 15 is 0 Å². The first-order chi connectivity index (χ1) is 9.69. The molecule has 2 aromatic carbocycles. The Hall–Kier alpha value is -2.04. The first kappa shape index (κ1) is 14.4. The van der Waals surface area contributed by atoms with E-state index in [1.165, 1.54) is 5.56 Å². The molecule has 4 N–H and O–H groups in total. The van der Waals surface area contributed by atoms with Crippen molar-refractivity contribution >= 4 is 5.69 Å². The Balaban J connectivity index is 2.11. The lowest BCUT2D eigenvalue weighted by Crippen LogP contribution is -2.26. The fraction of sp³-hybridized carbons (Fsp3) is 0.250. The molecule has 0 unspecified atom stereocenters. The summed E-state index contributed by atoms with van der Waals surface area (Å²) in [7, 11) is 0. The highest BCUT2D eigenvalue weighted by Gasteiger charge is 2.10. The Morgan fingerprint density at radius 2 is 1.75 bits per heavy atom. The highest BCUT2D eigenvalue weighted by Crippen LogP contribution is 2.22. The monoisotopic (exact) mass is 272 g/mol. The first-order valence-electron chi connectivity index (χ1n) is 6.63. The Kier molecular flexibility index (Phi) is 4.98. The Morgan fingerprint density at radius 3 is 2.45 bits per heavy atom. The number of aliphatic hydroxyl groups excluding tert-OH is 1. The van der Waals surface area contributed by atoms with Gasteiger partial charge in [0.1, 0.15) is 5.75 Å². The molecule has 0 bridgehead atoms. The molecule has 0 saturated heterocycles. The van der Waals surface area contributed by atoms with Crippen LogP contribution in [-0.4, -0.2) is 28.3 Å². The largest absolute Gasteiger partial charge is 0.508 e. The maximum Gasteiger partial charge on any atom is 0.120 e. The van der Waals surface area contributed by atoms with Crippen molar-refractivity contribution in [2.24, 2.45) is 0 Å². The summed E-state index contributed by atoms with van der Waals surface area (Å²) in [6.45, 7) is 1.89. The van der Waals surface area contributed by atoms with Gasteiger partial charge in [0.25, 0.3) is 0 Å². The summed E-state index contributed by atoms with van der Waals surface area (Å²) in [4.78, 5) is 2.07. The molecule has 0 aliphatic carbocycles. The number of aromatic hydroxyl groups is 1. The number of nitrogens with zero attached hydrogens (tertiary/aromatic N) is 1. The number of phenols is 1. The van der Waals surface area contributed by atoms with Crippen molar-refractivity contribution in [3.8, 4) is 5.75 Å². The molecule has 0 radical (unpaired) electrons. The van der Waals surface area contributed by atoms with Gasteiger partial charge in [-0.1, -0.05) is 30.3 Å². The van der Waals surface area contributed by atoms with Crippen LogP contribution in [0.15, 0.2) is 48.5 Å². The van der Waals surface area contributed by atoms with E-state index in [0.717, 1.165) is 12.1 Å². The molecule has 4 nitrogen and oxygen atoms in total. The van der Waals surface area contributed by atoms with Crippen molar-refractivity contribution in [1.82, 2.24) is 4.90 Å². The number of anilines is 1. The smallest absolute Gasteiger partial charge is 0.120 e. The van der Waals surface area contributed by atoms with Crippen LogP contribution in [0.1, 0.15) is 11.1 Å². The van der Waals surface area contributed by atoms with Crippen molar-refractivity contribution < 1.29 is 10.2 Å². The fourth-order valence-electron chi connectivity index (χ4n) is 2.17. The Morgan fingerprint density at radius 1 is 1.00 bits per heavy atom. The highest BCUT2D eigenvalue weighted by molar-refractivity contribution is 5.47. The van der Waals surface area contributed by atoms with Gasteiger partial charge in [0.15, 0.2) is 0 Å². The molecule has 0 fully saturated rings. The van der Waals surface area contributed by atoms with E-state index in [9.17, 15) is 10.2 Å². The lowest BCUT2D eigenvalue weighted by atomic mass is 10.1. The standard InChI is InChI=1S/C16H20N2O2/c17-15-6-7-16(20)14(10-15)12-18(8-9-19)11-13-4-2-1-3-5-13/h1-7,10,19-20H,8-9,11-12,17H2. The zero-order valence-corrected chi connectivity index (χ0v) is 11.4. The molecule has 0 aliphatic rings. The quantitative estimate of drug-likeness (QED) is 0.555. The lowest BCUT2D eigenvalue weighted by molar-refractivity contribution is 0.183. The highest BCUT2D eigenvalue weighted by atomic mass is 16.3. The van der Waals surface area contributed by atoms with Gasteiger partial charge in [-0.05, 0) is 23.8 Å². The Labute approximate surface area is 119 Å². The number of hydrogen-bond acceptors (Lipinski definition) is 4. The summed E-state index contributed by atoms with van der Waals surface area (Å²) < 4.78 is 0. The van der Waals surface area contributed by atoms with E-state index in [0.29, 0.717) is 18.8 Å². The van der Waals surface area contributed by atoms with E-state index in [4.69, 9.17) is 5.73 Å². The van der Waals surface area contributed by atoms with Gasteiger partial charge in [-0.2, -0.15) is 0 Å². The van der Waals surface area contributed by atoms with E-state index < -0.39 is 0 Å². The molecule has 0 heterocycles. The van der Waals surface area contributed by atoms with E-state index in [1.54, 1.807) is 18.2 Å². The SMILES string of the molecule is Nc1ccc(O)c(CN(CCO)Cc2ccccc2)c1. The van der Waals surface area contributed by atoms with Crippen LogP contribution in [0.2, 0.25) is 0 Å². The Bertz CT molecular complexity index is 543. The number of benzene rings is 2. The molecular weight excluding hydrogens is 252 g/mol. The first-order valence-corrected chi connectivity index (χ1v) is 6.63. The lowest BCUT2D eigenvalue weighted by Gasteiger charge is -2.22. The molecule has 2 rings (SSSR count). The third-order valence-electron chi connectivity index (χ3n) is 3.16. The topological polar surface area (TPSA) is 69.7 Å². The number of aliphatic hydroxyl groups is 1. The molecule has 106 valence electrons. The number of phenolic OH excluding ortho intramolecular Hbond substituents is 1. The summed E-state index contributed by atoms with van der Waals surface area (Å²) in [6.07, 6.45) is 0. The predicted molar refractivity (Wildman–Crippen MR) is 80.2 cm³/mol. The summed E-state index contributed by atoms with van der Waals surface area (Å²) in [5, 5.41) is 19.1. The predicted octanol–water partition coefficient (Wildman–Crippen LogP) is 1.97. The maximum absolute atomic E-state index is 9.87. The minimum absolute atomic E-state index is 0.0793. The van der Waals surface area contributed by atoms with Gasteiger partial charge >= 0.3 is 0 Å². The summed E-state index contributed by atoms with van der Waals surface area (Å²) in [5.74, 6) is 0.232. The molecule has 0 aliphatic heterocycles. The van der Waals surface area contributed by atoms with Crippen molar-refractivity contribution in [1.29, 1.82) is 0 Å². The number of hydrogen-bond donors (Lipinski definition) is 3. The van der Waals surface area contributed by atoms with Crippen LogP contribution in [0.25, 0.3) is 0 Å². The molecule has 0 saturated carbocycles. The van der Waals surface area contributed by atoms with Crippen LogP contribution in [0.4, 0.5) is 5.69 Å². The van der Waals surface area contributed by atoms with Crippen molar-refractivity contribution in [3.05, 3.63) is 59.7 Å². The normalized spacial score (nSPS) is 10.9. The second kappa shape index (κ2) is 6.93. The third-order valence-corrected chi connectivity index (χ3v) is 3.16. The van der Waals surface area contributed by atoms with Crippen LogP contribution in [-0.2, 0) is 13.1 Å². The molecule has 0 amide bonds. The van der Waals surface area contributed by atoms with Crippen LogP contribution >= 0.6 is 0 Å². The van der Waals surface area contributed by atoms with Crippen LogP contribution < -0.4 is 5.73 Å². The van der Waals surface area contributed by atoms with Gasteiger partial charge in [-0.15, -0.1) is 0 Å². The van der Waals surface area contributed by atoms with Gasteiger partial charge in [-0.25, -0.2) is 0 Å². The summed E-state index contributed by atoms with van der Waals surface area (Å²) in [5.41, 5.74) is 8.32. The van der Waals surface area contributed by atoms with Gasteiger partial charge in [0.05, 0.1) is 6.61 Å². The van der Waals surface area contributed by atoms with Gasteiger partial charge < -0.3 is 15.9 Å². The molecule has 0 spiro atoms. The zero-order chi connectivity index (χ0) is 14.4. The van der Waals surface area contributed by atoms with Crippen LogP contribution in [0.5, 0.6) is 5.75 Å². The number of rotatable bonds is 6. The van der Waals surface area contributed by atoms with E-state index in [2.05, 4.69) is 4.90 Å². The van der Waals surface area contributed by atoms with Gasteiger partial charge in [0, 0.05) is 30.9 Å². The van der Waals surface area contributed by atoms with Gasteiger partial charge in [0.2, 0.25) is 0 Å². The summed E-state index contributed by atoms with van der Waals surface area (Å²) >= 11 is 0. The average molecular weight is 272 g/mol. The maximum atomic E-state index is 9.87. The van der Waals surface area contributed by atoms with Crippen LogP contribution in [0, 0.1) is 0 Å². The number of nitrogen functional groups attached to an aromatic ring is 1. The minimum Gasteiger partial charge on any atom is -0.508 e. The zero-order valence-electron chi connectivity index (χ0n) is 11.4. The number of nitrogens with two attached hydrogens (primary N) is 1. The molecule has 2 aromatic rings. The second-order valence-electron chi connectivity index (χ2n) is 4.81. The minimum atomic E-state index is 0.0793. The van der Waals surface area contributed by atoms with Crippen molar-refractivity contribution in [2.75, 3.05) is 18.9 Å². The van der Waals surface area contributed by atoms with E-state index in [1.807, 2.05) is 30.3 Å². The van der Waals surface area contributed by atoms with Crippen LogP contribution in [0.3, 0.4) is 0 Å². The van der Waals surface area contributed by atoms with Crippen molar-refractivity contribution in [3.63, 3.8) is 0 Å².